The van der Waals surface area contributed by atoms with Crippen molar-refractivity contribution >= 4 is 30.0 Å². The monoisotopic (exact) mass is 312 g/mol. The Morgan fingerprint density at radius 2 is 2.10 bits per heavy atom. The lowest BCUT2D eigenvalue weighted by Crippen LogP contribution is -2.47. The normalized spacial score (nSPS) is 19.2. The second-order valence-electron chi connectivity index (χ2n) is 5.01. The van der Waals surface area contributed by atoms with E-state index in [4.69, 9.17) is 5.11 Å². The summed E-state index contributed by atoms with van der Waals surface area (Å²) >= 11 is 0. The largest absolute Gasteiger partial charge is 0.480 e. The molecule has 1 aromatic rings. The summed E-state index contributed by atoms with van der Waals surface area (Å²) in [7, 11) is 0. The number of nitrogens with zero attached hydrogens (tertiary/aromatic N) is 1. The number of carboxylic acids is 1. The second kappa shape index (κ2) is 8.00. The van der Waals surface area contributed by atoms with E-state index in [0.29, 0.717) is 19.4 Å². The van der Waals surface area contributed by atoms with Crippen LogP contribution in [0.1, 0.15) is 26.2 Å². The first kappa shape index (κ1) is 17.5. The molecular weight excluding hydrogens is 292 g/mol. The fourth-order valence-corrected chi connectivity index (χ4v) is 2.51. The average molecular weight is 313 g/mol. The number of anilines is 1. The summed E-state index contributed by atoms with van der Waals surface area (Å²) in [5.74, 6) is -0.934. The van der Waals surface area contributed by atoms with Gasteiger partial charge in [0.2, 0.25) is 5.91 Å². The second-order valence-corrected chi connectivity index (χ2v) is 5.01. The van der Waals surface area contributed by atoms with Crippen LogP contribution >= 0.6 is 12.4 Å². The lowest BCUT2D eigenvalue weighted by Gasteiger charge is -2.20. The minimum absolute atomic E-state index is 0. The molecule has 2 N–H and O–H groups in total. The van der Waals surface area contributed by atoms with E-state index < -0.39 is 18.1 Å². The molecule has 1 amide bonds. The molecule has 1 saturated heterocycles. The molecular formula is C15H21ClN2O3. The van der Waals surface area contributed by atoms with Crippen molar-refractivity contribution in [3.63, 3.8) is 0 Å². The quantitative estimate of drug-likeness (QED) is 0.843. The predicted octanol–water partition coefficient (Wildman–Crippen LogP) is 2.06. The maximum atomic E-state index is 12.3. The Kier molecular flexibility index (Phi) is 6.65. The molecule has 1 aromatic carbocycles. The highest BCUT2D eigenvalue weighted by Gasteiger charge is 2.34. The van der Waals surface area contributed by atoms with E-state index in [9.17, 15) is 9.59 Å². The third-order valence-corrected chi connectivity index (χ3v) is 3.55. The summed E-state index contributed by atoms with van der Waals surface area (Å²) in [6, 6.07) is 8.41. The summed E-state index contributed by atoms with van der Waals surface area (Å²) in [6.07, 6.45) is 1.94. The van der Waals surface area contributed by atoms with Crippen molar-refractivity contribution in [2.24, 2.45) is 0 Å². The number of amides is 1. The maximum absolute atomic E-state index is 12.3. The van der Waals surface area contributed by atoms with E-state index in [1.807, 2.05) is 37.3 Å². The molecule has 0 aliphatic carbocycles. The van der Waals surface area contributed by atoms with Gasteiger partial charge in [0.15, 0.2) is 0 Å². The van der Waals surface area contributed by atoms with Crippen LogP contribution in [0.15, 0.2) is 30.3 Å². The molecule has 21 heavy (non-hydrogen) atoms. The Hall–Kier alpha value is -1.59. The molecule has 0 saturated carbocycles. The van der Waals surface area contributed by atoms with Crippen LogP contribution in [0.5, 0.6) is 0 Å². The minimum atomic E-state index is -0.891. The molecule has 1 aliphatic heterocycles. The summed E-state index contributed by atoms with van der Waals surface area (Å²) in [5.41, 5.74) is 0.865. The number of nitrogens with one attached hydrogen (secondary N) is 1. The fourth-order valence-electron chi connectivity index (χ4n) is 2.51. The van der Waals surface area contributed by atoms with Crippen molar-refractivity contribution in [1.29, 1.82) is 0 Å². The zero-order chi connectivity index (χ0) is 14.5. The number of para-hydroxylation sites is 1. The van der Waals surface area contributed by atoms with E-state index >= 15 is 0 Å². The molecule has 2 rings (SSSR count). The van der Waals surface area contributed by atoms with Gasteiger partial charge in [-0.25, -0.2) is 0 Å². The molecule has 6 heteroatoms. The van der Waals surface area contributed by atoms with Gasteiger partial charge in [-0.2, -0.15) is 0 Å². The first-order valence-electron chi connectivity index (χ1n) is 6.98. The van der Waals surface area contributed by atoms with Gasteiger partial charge < -0.3 is 10.0 Å². The maximum Gasteiger partial charge on any atom is 0.320 e. The van der Waals surface area contributed by atoms with Gasteiger partial charge in [-0.3, -0.25) is 14.9 Å². The Balaban J connectivity index is 0.00000220. The van der Waals surface area contributed by atoms with Crippen molar-refractivity contribution in [2.75, 3.05) is 11.4 Å². The van der Waals surface area contributed by atoms with Gasteiger partial charge in [-0.15, -0.1) is 12.4 Å². The number of carbonyl (C=O) groups is 2. The van der Waals surface area contributed by atoms with Crippen LogP contribution in [0.4, 0.5) is 5.69 Å². The Labute approximate surface area is 130 Å². The SMILES string of the molecule is CCCC(NC1CCN(c2ccccc2)C1=O)C(=O)O.Cl. The Bertz CT molecular complexity index is 481. The molecule has 0 radical (unpaired) electrons. The number of carboxylic acid groups (broad SMARTS) is 1. The van der Waals surface area contributed by atoms with Gasteiger partial charge in [0.1, 0.15) is 6.04 Å². The van der Waals surface area contributed by atoms with Gasteiger partial charge >= 0.3 is 5.97 Å². The van der Waals surface area contributed by atoms with E-state index in [1.54, 1.807) is 4.90 Å². The molecule has 0 spiro atoms. The summed E-state index contributed by atoms with van der Waals surface area (Å²) in [4.78, 5) is 25.2. The molecule has 0 bridgehead atoms. The van der Waals surface area contributed by atoms with Crippen LogP contribution in [0.25, 0.3) is 0 Å². The van der Waals surface area contributed by atoms with Crippen LogP contribution in [0, 0.1) is 0 Å². The van der Waals surface area contributed by atoms with Gasteiger partial charge in [-0.1, -0.05) is 31.5 Å². The first-order chi connectivity index (χ1) is 9.63. The third-order valence-electron chi connectivity index (χ3n) is 3.55. The number of hydrogen-bond donors (Lipinski definition) is 2. The molecule has 116 valence electrons. The smallest absolute Gasteiger partial charge is 0.320 e. The zero-order valence-corrected chi connectivity index (χ0v) is 12.8. The van der Waals surface area contributed by atoms with E-state index in [2.05, 4.69) is 5.32 Å². The van der Waals surface area contributed by atoms with Crippen molar-refractivity contribution in [3.05, 3.63) is 30.3 Å². The van der Waals surface area contributed by atoms with Gasteiger partial charge in [0.05, 0.1) is 6.04 Å². The van der Waals surface area contributed by atoms with Crippen molar-refractivity contribution < 1.29 is 14.7 Å². The highest BCUT2D eigenvalue weighted by molar-refractivity contribution is 5.99. The minimum Gasteiger partial charge on any atom is -0.480 e. The highest BCUT2D eigenvalue weighted by Crippen LogP contribution is 2.21. The van der Waals surface area contributed by atoms with Crippen LogP contribution in [0.2, 0.25) is 0 Å². The highest BCUT2D eigenvalue weighted by atomic mass is 35.5. The molecule has 2 atom stereocenters. The molecule has 1 heterocycles. The number of carbonyl (C=O) groups excluding carboxylic acids is 1. The van der Waals surface area contributed by atoms with Crippen molar-refractivity contribution in [1.82, 2.24) is 5.32 Å². The number of halogens is 1. The number of hydrogen-bond acceptors (Lipinski definition) is 3. The van der Waals surface area contributed by atoms with Crippen LogP contribution in [-0.2, 0) is 9.59 Å². The third kappa shape index (κ3) is 4.19. The Morgan fingerprint density at radius 3 is 2.67 bits per heavy atom. The van der Waals surface area contributed by atoms with Gasteiger partial charge in [0, 0.05) is 12.2 Å². The standard InChI is InChI=1S/C15H20N2O3.ClH/c1-2-6-13(15(19)20)16-12-9-10-17(14(12)18)11-7-4-3-5-8-11;/h3-5,7-8,12-13,16H,2,6,9-10H2,1H3,(H,19,20);1H. The van der Waals surface area contributed by atoms with Crippen LogP contribution in [-0.4, -0.2) is 35.6 Å². The molecule has 5 nitrogen and oxygen atoms in total. The molecule has 1 aliphatic rings. The number of benzene rings is 1. The lowest BCUT2D eigenvalue weighted by molar-refractivity contribution is -0.140. The average Bonchev–Trinajstić information content (AvgIpc) is 2.80. The van der Waals surface area contributed by atoms with E-state index in [1.165, 1.54) is 0 Å². The lowest BCUT2D eigenvalue weighted by atomic mass is 10.1. The van der Waals surface area contributed by atoms with Crippen molar-refractivity contribution in [3.8, 4) is 0 Å². The predicted molar refractivity (Wildman–Crippen MR) is 83.9 cm³/mol. The number of aliphatic carboxylic acids is 1. The van der Waals surface area contributed by atoms with Crippen molar-refractivity contribution in [2.45, 2.75) is 38.3 Å². The topological polar surface area (TPSA) is 69.6 Å². The number of rotatable bonds is 6. The summed E-state index contributed by atoms with van der Waals surface area (Å²) in [6.45, 7) is 2.56. The fraction of sp³-hybridized carbons (Fsp3) is 0.467. The Morgan fingerprint density at radius 1 is 1.43 bits per heavy atom. The summed E-state index contributed by atoms with van der Waals surface area (Å²) in [5, 5.41) is 12.1. The van der Waals surface area contributed by atoms with E-state index in [-0.39, 0.29) is 18.3 Å². The first-order valence-corrected chi connectivity index (χ1v) is 6.98. The molecule has 1 fully saturated rings. The van der Waals surface area contributed by atoms with Gasteiger partial charge in [0.25, 0.3) is 0 Å². The molecule has 0 aromatic heterocycles. The van der Waals surface area contributed by atoms with Crippen LogP contribution < -0.4 is 10.2 Å². The molecule has 2 unspecified atom stereocenters. The van der Waals surface area contributed by atoms with Gasteiger partial charge in [-0.05, 0) is 25.0 Å². The van der Waals surface area contributed by atoms with Crippen LogP contribution in [0.3, 0.4) is 0 Å². The van der Waals surface area contributed by atoms with E-state index in [0.717, 1.165) is 12.1 Å². The summed E-state index contributed by atoms with van der Waals surface area (Å²) < 4.78 is 0. The zero-order valence-electron chi connectivity index (χ0n) is 12.0.